The lowest BCUT2D eigenvalue weighted by atomic mass is 9.86. The van der Waals surface area contributed by atoms with Crippen molar-refractivity contribution in [2.45, 2.75) is 78.4 Å². The molecule has 0 saturated heterocycles. The average molecular weight is 542 g/mol. The SMILES string of the molecule is CCCOC(=O)Oc1ccc(CC(N)(C[C@H](C)OC(=O)OCCC(C)C)C(=O)O)cc1OC(=O)OCCC. The summed E-state index contributed by atoms with van der Waals surface area (Å²) >= 11 is 0. The summed E-state index contributed by atoms with van der Waals surface area (Å²) in [5, 5.41) is 9.86. The van der Waals surface area contributed by atoms with Gasteiger partial charge < -0.3 is 39.3 Å². The third-order valence-corrected chi connectivity index (χ3v) is 5.05. The maximum absolute atomic E-state index is 12.1. The van der Waals surface area contributed by atoms with Crippen LogP contribution in [-0.4, -0.2) is 61.0 Å². The van der Waals surface area contributed by atoms with E-state index in [-0.39, 0.29) is 44.2 Å². The Balaban J connectivity index is 3.05. The Morgan fingerprint density at radius 3 is 1.95 bits per heavy atom. The van der Waals surface area contributed by atoms with E-state index in [9.17, 15) is 24.3 Å². The molecule has 0 aliphatic carbocycles. The first-order valence-electron chi connectivity index (χ1n) is 12.6. The first kappa shape index (κ1) is 32.5. The summed E-state index contributed by atoms with van der Waals surface area (Å²) in [6, 6.07) is 4.09. The number of nitrogens with two attached hydrogens (primary N) is 1. The van der Waals surface area contributed by atoms with Crippen molar-refractivity contribution in [3.05, 3.63) is 23.8 Å². The molecule has 0 bridgehead atoms. The molecule has 0 fully saturated rings. The number of carbonyl (C=O) groups is 4. The predicted octanol–water partition coefficient (Wildman–Crippen LogP) is 4.84. The van der Waals surface area contributed by atoms with Crippen LogP contribution in [0.5, 0.6) is 11.5 Å². The second-order valence-electron chi connectivity index (χ2n) is 9.23. The molecule has 0 heterocycles. The minimum absolute atomic E-state index is 0.107. The van der Waals surface area contributed by atoms with Crippen molar-refractivity contribution < 1.29 is 52.7 Å². The van der Waals surface area contributed by atoms with Gasteiger partial charge >= 0.3 is 24.4 Å². The second-order valence-corrected chi connectivity index (χ2v) is 9.23. The zero-order valence-electron chi connectivity index (χ0n) is 22.7. The summed E-state index contributed by atoms with van der Waals surface area (Å²) in [4.78, 5) is 48.0. The molecule has 12 nitrogen and oxygen atoms in total. The highest BCUT2D eigenvalue weighted by atomic mass is 16.7. The van der Waals surface area contributed by atoms with Gasteiger partial charge in [-0.2, -0.15) is 0 Å². The zero-order chi connectivity index (χ0) is 28.7. The fourth-order valence-electron chi connectivity index (χ4n) is 3.17. The lowest BCUT2D eigenvalue weighted by Gasteiger charge is -2.28. The van der Waals surface area contributed by atoms with E-state index in [1.807, 2.05) is 20.8 Å². The van der Waals surface area contributed by atoms with Gasteiger partial charge in [-0.25, -0.2) is 14.4 Å². The fraction of sp³-hybridized carbons (Fsp3) is 0.615. The van der Waals surface area contributed by atoms with E-state index in [2.05, 4.69) is 0 Å². The Bertz CT molecular complexity index is 934. The molecule has 1 aromatic rings. The molecule has 1 unspecified atom stereocenters. The quantitative estimate of drug-likeness (QED) is 0.176. The number of rotatable bonds is 15. The molecule has 0 aromatic heterocycles. The summed E-state index contributed by atoms with van der Waals surface area (Å²) < 4.78 is 30.3. The van der Waals surface area contributed by atoms with Crippen molar-refractivity contribution in [1.82, 2.24) is 0 Å². The average Bonchev–Trinajstić information content (AvgIpc) is 2.82. The molecule has 0 aliphatic heterocycles. The molecule has 0 aliphatic rings. The first-order chi connectivity index (χ1) is 17.9. The van der Waals surface area contributed by atoms with Gasteiger partial charge in [0.1, 0.15) is 11.6 Å². The molecular formula is C26H39NO11. The van der Waals surface area contributed by atoms with Crippen LogP contribution >= 0.6 is 0 Å². The second kappa shape index (κ2) is 16.3. The molecule has 38 heavy (non-hydrogen) atoms. The van der Waals surface area contributed by atoms with E-state index < -0.39 is 36.1 Å². The Morgan fingerprint density at radius 2 is 1.42 bits per heavy atom. The van der Waals surface area contributed by atoms with Gasteiger partial charge in [-0.15, -0.1) is 0 Å². The maximum Gasteiger partial charge on any atom is 0.513 e. The van der Waals surface area contributed by atoms with E-state index in [1.165, 1.54) is 25.1 Å². The molecule has 1 rings (SSSR count). The van der Waals surface area contributed by atoms with E-state index >= 15 is 0 Å². The smallest absolute Gasteiger partial charge is 0.480 e. The topological polar surface area (TPSA) is 170 Å². The van der Waals surface area contributed by atoms with E-state index in [4.69, 9.17) is 34.2 Å². The molecule has 3 N–H and O–H groups in total. The van der Waals surface area contributed by atoms with Crippen molar-refractivity contribution in [2.75, 3.05) is 19.8 Å². The van der Waals surface area contributed by atoms with E-state index in [0.29, 0.717) is 30.7 Å². The number of aliphatic carboxylic acids is 1. The van der Waals surface area contributed by atoms with Gasteiger partial charge in [-0.3, -0.25) is 4.79 Å². The van der Waals surface area contributed by atoms with Crippen molar-refractivity contribution in [3.63, 3.8) is 0 Å². The Labute approximate surface area is 222 Å². The number of benzene rings is 1. The van der Waals surface area contributed by atoms with Gasteiger partial charge in [0.05, 0.1) is 19.8 Å². The van der Waals surface area contributed by atoms with Gasteiger partial charge in [0.25, 0.3) is 0 Å². The van der Waals surface area contributed by atoms with Crippen LogP contribution in [0.2, 0.25) is 0 Å². The minimum atomic E-state index is -1.86. The van der Waals surface area contributed by atoms with Crippen LogP contribution < -0.4 is 15.2 Å². The third-order valence-electron chi connectivity index (χ3n) is 5.05. The first-order valence-corrected chi connectivity index (χ1v) is 12.6. The Morgan fingerprint density at radius 1 is 0.868 bits per heavy atom. The Kier molecular flexibility index (Phi) is 14.0. The highest BCUT2D eigenvalue weighted by Gasteiger charge is 2.37. The van der Waals surface area contributed by atoms with Crippen LogP contribution in [0.15, 0.2) is 18.2 Å². The van der Waals surface area contributed by atoms with Crippen molar-refractivity contribution in [2.24, 2.45) is 11.7 Å². The number of carboxylic acid groups (broad SMARTS) is 1. The fourth-order valence-corrected chi connectivity index (χ4v) is 3.17. The van der Waals surface area contributed by atoms with Crippen LogP contribution in [0.25, 0.3) is 0 Å². The summed E-state index contributed by atoms with van der Waals surface area (Å²) in [6.45, 7) is 9.49. The molecular weight excluding hydrogens is 502 g/mol. The van der Waals surface area contributed by atoms with Crippen LogP contribution in [0.4, 0.5) is 14.4 Å². The zero-order valence-corrected chi connectivity index (χ0v) is 22.7. The number of carbonyl (C=O) groups excluding carboxylic acids is 3. The lowest BCUT2D eigenvalue weighted by molar-refractivity contribution is -0.144. The van der Waals surface area contributed by atoms with Crippen LogP contribution in [0.1, 0.15) is 65.9 Å². The number of hydrogen-bond acceptors (Lipinski definition) is 11. The van der Waals surface area contributed by atoms with Crippen molar-refractivity contribution >= 4 is 24.4 Å². The molecule has 0 amide bonds. The predicted molar refractivity (Wildman–Crippen MR) is 135 cm³/mol. The Hall–Kier alpha value is -3.54. The molecule has 0 saturated carbocycles. The summed E-state index contributed by atoms with van der Waals surface area (Å²) in [5.74, 6) is -1.33. The van der Waals surface area contributed by atoms with Crippen molar-refractivity contribution in [1.29, 1.82) is 0 Å². The molecule has 12 heteroatoms. The summed E-state index contributed by atoms with van der Waals surface area (Å²) in [7, 11) is 0. The molecule has 0 radical (unpaired) electrons. The van der Waals surface area contributed by atoms with Crippen LogP contribution in [0.3, 0.4) is 0 Å². The largest absolute Gasteiger partial charge is 0.513 e. The van der Waals surface area contributed by atoms with Gasteiger partial charge in [-0.1, -0.05) is 33.8 Å². The molecule has 214 valence electrons. The standard InChI is InChI=1S/C26H39NO11/c1-6-11-33-24(31)37-20-9-8-19(14-21(20)38-25(32)34-12-7-2)16-26(27,22(28)29)15-18(5)36-23(30)35-13-10-17(3)4/h8-9,14,17-18H,6-7,10-13,15-16,27H2,1-5H3,(H,28,29)/t18-,26?/m0/s1. The lowest BCUT2D eigenvalue weighted by Crippen LogP contribution is -2.52. The van der Waals surface area contributed by atoms with Gasteiger partial charge in [-0.05, 0) is 49.8 Å². The normalized spacial score (nSPS) is 13.1. The number of carboxylic acids is 1. The van der Waals surface area contributed by atoms with Crippen LogP contribution in [0, 0.1) is 5.92 Å². The van der Waals surface area contributed by atoms with Gasteiger partial charge in [0.2, 0.25) is 0 Å². The highest BCUT2D eigenvalue weighted by Crippen LogP contribution is 2.31. The third kappa shape index (κ3) is 12.1. The van der Waals surface area contributed by atoms with E-state index in [1.54, 1.807) is 6.92 Å². The molecule has 1 aromatic carbocycles. The summed E-state index contributed by atoms with van der Waals surface area (Å²) in [5.41, 5.74) is 4.69. The van der Waals surface area contributed by atoms with Crippen LogP contribution in [-0.2, 0) is 30.2 Å². The monoisotopic (exact) mass is 541 g/mol. The minimum Gasteiger partial charge on any atom is -0.480 e. The maximum atomic E-state index is 12.1. The van der Waals surface area contributed by atoms with Crippen molar-refractivity contribution in [3.8, 4) is 11.5 Å². The number of ether oxygens (including phenoxy) is 6. The van der Waals surface area contributed by atoms with Gasteiger partial charge in [0.15, 0.2) is 11.5 Å². The molecule has 2 atom stereocenters. The molecule has 0 spiro atoms. The number of hydrogen-bond donors (Lipinski definition) is 2. The van der Waals surface area contributed by atoms with E-state index in [0.717, 1.165) is 0 Å². The summed E-state index contributed by atoms with van der Waals surface area (Å²) in [6.07, 6.45) is -2.51. The highest BCUT2D eigenvalue weighted by molar-refractivity contribution is 5.79. The van der Waals surface area contributed by atoms with Gasteiger partial charge in [0, 0.05) is 12.8 Å².